The molecule has 0 fully saturated rings. The number of rotatable bonds is 4. The SMILES string of the molecule is Nc1ncc(SCc2nc(-c3ccsc3)no2)s1. The van der Waals surface area contributed by atoms with Crippen LogP contribution in [0.25, 0.3) is 11.4 Å². The van der Waals surface area contributed by atoms with Crippen molar-refractivity contribution in [3.8, 4) is 11.4 Å². The second-order valence-electron chi connectivity index (χ2n) is 3.33. The molecule has 3 heterocycles. The summed E-state index contributed by atoms with van der Waals surface area (Å²) in [4.78, 5) is 8.32. The zero-order valence-corrected chi connectivity index (χ0v) is 11.5. The molecule has 3 aromatic heterocycles. The number of hydrogen-bond acceptors (Lipinski definition) is 8. The summed E-state index contributed by atoms with van der Waals surface area (Å²) in [5.74, 6) is 1.86. The second-order valence-corrected chi connectivity index (χ2v) is 6.45. The van der Waals surface area contributed by atoms with Gasteiger partial charge in [-0.25, -0.2) is 4.98 Å². The summed E-state index contributed by atoms with van der Waals surface area (Å²) >= 11 is 4.65. The van der Waals surface area contributed by atoms with Gasteiger partial charge in [-0.05, 0) is 11.4 Å². The van der Waals surface area contributed by atoms with E-state index >= 15 is 0 Å². The third-order valence-electron chi connectivity index (χ3n) is 2.09. The molecule has 0 aliphatic carbocycles. The van der Waals surface area contributed by atoms with Crippen molar-refractivity contribution in [3.63, 3.8) is 0 Å². The van der Waals surface area contributed by atoms with E-state index in [0.29, 0.717) is 22.6 Å². The number of thiazole rings is 1. The Morgan fingerprint density at radius 3 is 3.11 bits per heavy atom. The van der Waals surface area contributed by atoms with E-state index in [0.717, 1.165) is 9.77 Å². The highest BCUT2D eigenvalue weighted by Crippen LogP contribution is 2.29. The van der Waals surface area contributed by atoms with Crippen molar-refractivity contribution < 1.29 is 4.52 Å². The van der Waals surface area contributed by atoms with Crippen LogP contribution >= 0.6 is 34.4 Å². The number of thiophene rings is 1. The molecule has 0 amide bonds. The van der Waals surface area contributed by atoms with Gasteiger partial charge < -0.3 is 10.3 Å². The Bertz CT molecular complexity index is 631. The topological polar surface area (TPSA) is 77.8 Å². The average Bonchev–Trinajstić information content (AvgIpc) is 3.07. The van der Waals surface area contributed by atoms with Crippen molar-refractivity contribution in [2.45, 2.75) is 9.96 Å². The smallest absolute Gasteiger partial charge is 0.237 e. The number of thioether (sulfide) groups is 1. The predicted molar refractivity (Wildman–Crippen MR) is 73.7 cm³/mol. The lowest BCUT2D eigenvalue weighted by Gasteiger charge is -1.90. The fraction of sp³-hybridized carbons (Fsp3) is 0.100. The minimum Gasteiger partial charge on any atom is -0.375 e. The molecular formula is C10H8N4OS3. The Morgan fingerprint density at radius 2 is 2.39 bits per heavy atom. The summed E-state index contributed by atoms with van der Waals surface area (Å²) in [6, 6.07) is 1.97. The Morgan fingerprint density at radius 1 is 1.44 bits per heavy atom. The molecule has 2 N–H and O–H groups in total. The zero-order valence-electron chi connectivity index (χ0n) is 9.07. The first kappa shape index (κ1) is 11.7. The van der Waals surface area contributed by atoms with Crippen LogP contribution in [0.5, 0.6) is 0 Å². The van der Waals surface area contributed by atoms with Gasteiger partial charge in [-0.2, -0.15) is 16.3 Å². The molecule has 0 saturated carbocycles. The molecular weight excluding hydrogens is 288 g/mol. The second kappa shape index (κ2) is 5.09. The Hall–Kier alpha value is -1.38. The fourth-order valence-corrected chi connectivity index (χ4v) is 3.52. The molecule has 3 aromatic rings. The van der Waals surface area contributed by atoms with E-state index in [1.165, 1.54) is 11.3 Å². The fourth-order valence-electron chi connectivity index (χ4n) is 1.29. The molecule has 0 aliphatic rings. The van der Waals surface area contributed by atoms with Gasteiger partial charge >= 0.3 is 0 Å². The standard InChI is InChI=1S/C10H8N4OS3/c11-10-12-3-8(18-10)17-5-7-13-9(14-15-7)6-1-2-16-4-6/h1-4H,5H2,(H2,11,12). The monoisotopic (exact) mass is 296 g/mol. The van der Waals surface area contributed by atoms with Gasteiger partial charge in [0, 0.05) is 10.9 Å². The van der Waals surface area contributed by atoms with Gasteiger partial charge in [-0.1, -0.05) is 16.5 Å². The van der Waals surface area contributed by atoms with Crippen molar-refractivity contribution in [1.82, 2.24) is 15.1 Å². The van der Waals surface area contributed by atoms with Gasteiger partial charge in [0.25, 0.3) is 0 Å². The Labute approximate surface area is 115 Å². The third kappa shape index (κ3) is 2.55. The van der Waals surface area contributed by atoms with Crippen LogP contribution < -0.4 is 5.73 Å². The number of aromatic nitrogens is 3. The van der Waals surface area contributed by atoms with Crippen LogP contribution in [0.15, 0.2) is 31.8 Å². The van der Waals surface area contributed by atoms with Crippen molar-refractivity contribution in [1.29, 1.82) is 0 Å². The molecule has 92 valence electrons. The van der Waals surface area contributed by atoms with Gasteiger partial charge in [0.05, 0.1) is 16.2 Å². The molecule has 0 saturated heterocycles. The maximum atomic E-state index is 5.56. The van der Waals surface area contributed by atoms with E-state index in [1.54, 1.807) is 29.3 Å². The van der Waals surface area contributed by atoms with Crippen LogP contribution in [0.2, 0.25) is 0 Å². The molecule has 0 spiro atoms. The molecule has 0 atom stereocenters. The number of nitrogens with zero attached hydrogens (tertiary/aromatic N) is 3. The minimum absolute atomic E-state index is 0.571. The lowest BCUT2D eigenvalue weighted by atomic mass is 10.3. The highest BCUT2D eigenvalue weighted by Gasteiger charge is 2.10. The molecule has 8 heteroatoms. The summed E-state index contributed by atoms with van der Waals surface area (Å²) < 4.78 is 6.24. The van der Waals surface area contributed by atoms with Gasteiger partial charge in [0.1, 0.15) is 0 Å². The molecule has 0 aromatic carbocycles. The van der Waals surface area contributed by atoms with E-state index in [2.05, 4.69) is 15.1 Å². The van der Waals surface area contributed by atoms with Crippen molar-refractivity contribution in [3.05, 3.63) is 28.9 Å². The largest absolute Gasteiger partial charge is 0.375 e. The number of hydrogen-bond donors (Lipinski definition) is 1. The van der Waals surface area contributed by atoms with Crippen LogP contribution in [0, 0.1) is 0 Å². The molecule has 0 aliphatic heterocycles. The van der Waals surface area contributed by atoms with Crippen LogP contribution in [0.4, 0.5) is 5.13 Å². The van der Waals surface area contributed by atoms with Gasteiger partial charge in [0.2, 0.25) is 11.7 Å². The zero-order chi connectivity index (χ0) is 12.4. The number of nitrogen functional groups attached to an aromatic ring is 1. The van der Waals surface area contributed by atoms with E-state index < -0.39 is 0 Å². The summed E-state index contributed by atoms with van der Waals surface area (Å²) in [6.07, 6.45) is 1.75. The summed E-state index contributed by atoms with van der Waals surface area (Å²) in [5, 5.41) is 8.50. The van der Waals surface area contributed by atoms with Crippen LogP contribution in [0.1, 0.15) is 5.89 Å². The Kier molecular flexibility index (Phi) is 3.31. The highest BCUT2D eigenvalue weighted by atomic mass is 32.2. The average molecular weight is 296 g/mol. The number of nitrogens with two attached hydrogens (primary N) is 1. The Balaban J connectivity index is 1.67. The quantitative estimate of drug-likeness (QED) is 0.745. The first-order valence-corrected chi connectivity index (χ1v) is 7.75. The molecule has 0 radical (unpaired) electrons. The first-order valence-electron chi connectivity index (χ1n) is 5.00. The molecule has 5 nitrogen and oxygen atoms in total. The first-order chi connectivity index (χ1) is 8.81. The normalized spacial score (nSPS) is 10.9. The van der Waals surface area contributed by atoms with Crippen molar-refractivity contribution >= 4 is 39.6 Å². The van der Waals surface area contributed by atoms with Crippen molar-refractivity contribution in [2.75, 3.05) is 5.73 Å². The molecule has 0 unspecified atom stereocenters. The molecule has 3 rings (SSSR count). The third-order valence-corrected chi connectivity index (χ3v) is 4.78. The summed E-state index contributed by atoms with van der Waals surface area (Å²) in [5.41, 5.74) is 6.55. The van der Waals surface area contributed by atoms with Crippen LogP contribution in [-0.2, 0) is 5.75 Å². The lowest BCUT2D eigenvalue weighted by Crippen LogP contribution is -1.80. The number of anilines is 1. The maximum Gasteiger partial charge on any atom is 0.237 e. The summed E-state index contributed by atoms with van der Waals surface area (Å²) in [7, 11) is 0. The van der Waals surface area contributed by atoms with Gasteiger partial charge in [-0.15, -0.1) is 11.8 Å². The molecule has 18 heavy (non-hydrogen) atoms. The maximum absolute atomic E-state index is 5.56. The minimum atomic E-state index is 0.571. The van der Waals surface area contributed by atoms with E-state index in [4.69, 9.17) is 10.3 Å². The molecule has 0 bridgehead atoms. The lowest BCUT2D eigenvalue weighted by molar-refractivity contribution is 0.392. The summed E-state index contributed by atoms with van der Waals surface area (Å²) in [6.45, 7) is 0. The van der Waals surface area contributed by atoms with E-state index in [9.17, 15) is 0 Å². The van der Waals surface area contributed by atoms with E-state index in [1.807, 2.05) is 16.8 Å². The predicted octanol–water partition coefficient (Wildman–Crippen LogP) is 3.13. The van der Waals surface area contributed by atoms with Crippen molar-refractivity contribution in [2.24, 2.45) is 0 Å². The van der Waals surface area contributed by atoms with E-state index in [-0.39, 0.29) is 0 Å². The van der Waals surface area contributed by atoms with Gasteiger partial charge in [0.15, 0.2) is 5.13 Å². The van der Waals surface area contributed by atoms with Crippen LogP contribution in [-0.4, -0.2) is 15.1 Å². The highest BCUT2D eigenvalue weighted by molar-refractivity contribution is 8.00. The van der Waals surface area contributed by atoms with Gasteiger partial charge in [-0.3, -0.25) is 0 Å². The van der Waals surface area contributed by atoms with Crippen LogP contribution in [0.3, 0.4) is 0 Å².